The lowest BCUT2D eigenvalue weighted by atomic mass is 10.2. The molecule has 0 unspecified atom stereocenters. The normalized spacial score (nSPS) is 10.5. The Morgan fingerprint density at radius 3 is 2.85 bits per heavy atom. The van der Waals surface area contributed by atoms with Crippen LogP contribution in [0.3, 0.4) is 0 Å². The third kappa shape index (κ3) is 4.42. The summed E-state index contributed by atoms with van der Waals surface area (Å²) in [5, 5.41) is 3.40. The summed E-state index contributed by atoms with van der Waals surface area (Å²) in [6, 6.07) is 10.1. The first-order valence-corrected chi connectivity index (χ1v) is 8.30. The summed E-state index contributed by atoms with van der Waals surface area (Å²) in [5.41, 5.74) is 7.63. The van der Waals surface area contributed by atoms with Crippen LogP contribution in [0.25, 0.3) is 0 Å². The molecule has 0 amide bonds. The van der Waals surface area contributed by atoms with Crippen LogP contribution in [-0.2, 0) is 6.42 Å². The fourth-order valence-corrected chi connectivity index (χ4v) is 3.28. The Bertz CT molecular complexity index is 557. The van der Waals surface area contributed by atoms with Gasteiger partial charge >= 0.3 is 0 Å². The second kappa shape index (κ2) is 7.55. The highest BCUT2D eigenvalue weighted by atomic mass is 79.9. The maximum atomic E-state index is 5.90. The highest BCUT2D eigenvalue weighted by Crippen LogP contribution is 2.26. The number of nitrogens with one attached hydrogen (secondary N) is 1. The molecule has 0 atom stereocenters. The zero-order chi connectivity index (χ0) is 14.4. The van der Waals surface area contributed by atoms with Crippen molar-refractivity contribution < 1.29 is 4.74 Å². The Morgan fingerprint density at radius 2 is 2.15 bits per heavy atom. The van der Waals surface area contributed by atoms with Crippen LogP contribution in [0.4, 0.5) is 11.4 Å². The number of nitrogens with two attached hydrogens (primary N) is 1. The van der Waals surface area contributed by atoms with Crippen molar-refractivity contribution in [2.24, 2.45) is 0 Å². The Kier molecular flexibility index (Phi) is 5.73. The van der Waals surface area contributed by atoms with Crippen LogP contribution >= 0.6 is 27.3 Å². The van der Waals surface area contributed by atoms with Crippen molar-refractivity contribution in [3.05, 3.63) is 39.0 Å². The highest BCUT2D eigenvalue weighted by molar-refractivity contribution is 9.11. The molecule has 0 radical (unpaired) electrons. The van der Waals surface area contributed by atoms with Gasteiger partial charge in [-0.3, -0.25) is 0 Å². The first-order valence-electron chi connectivity index (χ1n) is 6.69. The molecule has 0 aliphatic carbocycles. The minimum Gasteiger partial charge on any atom is -0.491 e. The fraction of sp³-hybridized carbons (Fsp3) is 0.333. The summed E-state index contributed by atoms with van der Waals surface area (Å²) in [5.74, 6) is 0.760. The quantitative estimate of drug-likeness (QED) is 0.717. The van der Waals surface area contributed by atoms with Gasteiger partial charge in [-0.15, -0.1) is 11.3 Å². The van der Waals surface area contributed by atoms with Crippen molar-refractivity contribution in [2.45, 2.75) is 19.8 Å². The molecule has 3 N–H and O–H groups in total. The van der Waals surface area contributed by atoms with Gasteiger partial charge in [-0.25, -0.2) is 0 Å². The second-order valence-electron chi connectivity index (χ2n) is 4.48. The van der Waals surface area contributed by atoms with Crippen molar-refractivity contribution in [1.29, 1.82) is 0 Å². The molecule has 0 aliphatic heterocycles. The largest absolute Gasteiger partial charge is 0.491 e. The van der Waals surface area contributed by atoms with Gasteiger partial charge in [-0.2, -0.15) is 0 Å². The summed E-state index contributed by atoms with van der Waals surface area (Å²) in [6.45, 7) is 3.67. The molecule has 0 aliphatic rings. The third-order valence-electron chi connectivity index (χ3n) is 2.80. The van der Waals surface area contributed by atoms with Gasteiger partial charge in [0.1, 0.15) is 5.75 Å². The smallest absolute Gasteiger partial charge is 0.144 e. The van der Waals surface area contributed by atoms with Gasteiger partial charge in [0.05, 0.1) is 16.1 Å². The summed E-state index contributed by atoms with van der Waals surface area (Å²) in [7, 11) is 0. The van der Waals surface area contributed by atoms with E-state index in [1.807, 2.05) is 18.2 Å². The predicted octanol–water partition coefficient (Wildman–Crippen LogP) is 4.54. The molecular weight excluding hydrogens is 336 g/mol. The summed E-state index contributed by atoms with van der Waals surface area (Å²) < 4.78 is 6.80. The standard InChI is InChI=1S/C15H19BrN2OS/c1-2-9-19-14-10-11(3-5-13(14)17)18-8-7-12-4-6-15(16)20-12/h3-6,10,18H,2,7-9,17H2,1H3. The minimum atomic E-state index is 0.686. The van der Waals surface area contributed by atoms with Gasteiger partial charge in [0.15, 0.2) is 0 Å². The van der Waals surface area contributed by atoms with Gasteiger partial charge in [0.2, 0.25) is 0 Å². The lowest BCUT2D eigenvalue weighted by Gasteiger charge is -2.11. The first kappa shape index (κ1) is 15.2. The number of ether oxygens (including phenoxy) is 1. The second-order valence-corrected chi connectivity index (χ2v) is 7.03. The van der Waals surface area contributed by atoms with Crippen LogP contribution in [0.5, 0.6) is 5.75 Å². The van der Waals surface area contributed by atoms with E-state index in [1.165, 1.54) is 8.66 Å². The number of nitrogen functional groups attached to an aromatic ring is 1. The molecule has 20 heavy (non-hydrogen) atoms. The molecule has 5 heteroatoms. The molecule has 0 saturated carbocycles. The maximum Gasteiger partial charge on any atom is 0.144 e. The van der Waals surface area contributed by atoms with Crippen LogP contribution in [0.1, 0.15) is 18.2 Å². The molecule has 0 spiro atoms. The molecule has 3 nitrogen and oxygen atoms in total. The molecule has 0 saturated heterocycles. The monoisotopic (exact) mass is 354 g/mol. The van der Waals surface area contributed by atoms with Gasteiger partial charge in [0, 0.05) is 23.2 Å². The number of benzene rings is 1. The molecule has 0 fully saturated rings. The maximum absolute atomic E-state index is 5.90. The van der Waals surface area contributed by atoms with Crippen molar-refractivity contribution in [1.82, 2.24) is 0 Å². The van der Waals surface area contributed by atoms with Crippen LogP contribution in [0.15, 0.2) is 34.1 Å². The lowest BCUT2D eigenvalue weighted by Crippen LogP contribution is -2.05. The van der Waals surface area contributed by atoms with E-state index < -0.39 is 0 Å². The van der Waals surface area contributed by atoms with Crippen molar-refractivity contribution in [3.8, 4) is 5.75 Å². The van der Waals surface area contributed by atoms with E-state index in [2.05, 4.69) is 40.3 Å². The molecule has 1 heterocycles. The molecule has 1 aromatic heterocycles. The number of hydrogen-bond acceptors (Lipinski definition) is 4. The van der Waals surface area contributed by atoms with E-state index in [4.69, 9.17) is 10.5 Å². The molecular formula is C15H19BrN2OS. The molecule has 1 aromatic carbocycles. The van der Waals surface area contributed by atoms with E-state index in [0.29, 0.717) is 12.3 Å². The molecule has 0 bridgehead atoms. The minimum absolute atomic E-state index is 0.686. The average molecular weight is 355 g/mol. The SMILES string of the molecule is CCCOc1cc(NCCc2ccc(Br)s2)ccc1N. The van der Waals surface area contributed by atoms with E-state index >= 15 is 0 Å². The van der Waals surface area contributed by atoms with Crippen LogP contribution in [0.2, 0.25) is 0 Å². The van der Waals surface area contributed by atoms with Gasteiger partial charge in [-0.05, 0) is 53.0 Å². The lowest BCUT2D eigenvalue weighted by molar-refractivity contribution is 0.319. The van der Waals surface area contributed by atoms with Crippen LogP contribution < -0.4 is 15.8 Å². The van der Waals surface area contributed by atoms with Crippen molar-refractivity contribution >= 4 is 38.6 Å². The Hall–Kier alpha value is -1.20. The van der Waals surface area contributed by atoms with Crippen molar-refractivity contribution in [3.63, 3.8) is 0 Å². The molecule has 2 rings (SSSR count). The zero-order valence-corrected chi connectivity index (χ0v) is 13.9. The van der Waals surface area contributed by atoms with Gasteiger partial charge < -0.3 is 15.8 Å². The Labute approximate surface area is 132 Å². The van der Waals surface area contributed by atoms with E-state index in [0.717, 1.165) is 30.8 Å². The van der Waals surface area contributed by atoms with E-state index in [9.17, 15) is 0 Å². The number of halogens is 1. The van der Waals surface area contributed by atoms with E-state index in [-0.39, 0.29) is 0 Å². The fourth-order valence-electron chi connectivity index (χ4n) is 1.80. The number of anilines is 2. The van der Waals surface area contributed by atoms with E-state index in [1.54, 1.807) is 11.3 Å². The summed E-state index contributed by atoms with van der Waals surface area (Å²) in [6.07, 6.45) is 1.98. The Morgan fingerprint density at radius 1 is 1.30 bits per heavy atom. The third-order valence-corrected chi connectivity index (χ3v) is 4.49. The van der Waals surface area contributed by atoms with Crippen molar-refractivity contribution in [2.75, 3.05) is 24.2 Å². The molecule has 108 valence electrons. The van der Waals surface area contributed by atoms with Crippen LogP contribution in [0, 0.1) is 0 Å². The topological polar surface area (TPSA) is 47.3 Å². The number of rotatable bonds is 7. The average Bonchev–Trinajstić information content (AvgIpc) is 2.85. The first-order chi connectivity index (χ1) is 9.69. The Balaban J connectivity index is 1.89. The predicted molar refractivity (Wildman–Crippen MR) is 90.9 cm³/mol. The zero-order valence-electron chi connectivity index (χ0n) is 11.5. The summed E-state index contributed by atoms with van der Waals surface area (Å²) >= 11 is 5.25. The van der Waals surface area contributed by atoms with Gasteiger partial charge in [-0.1, -0.05) is 6.92 Å². The number of thiophene rings is 1. The molecule has 2 aromatic rings. The van der Waals surface area contributed by atoms with Crippen LogP contribution in [-0.4, -0.2) is 13.2 Å². The van der Waals surface area contributed by atoms with Gasteiger partial charge in [0.25, 0.3) is 0 Å². The summed E-state index contributed by atoms with van der Waals surface area (Å²) in [4.78, 5) is 1.36. The number of hydrogen-bond donors (Lipinski definition) is 2. The highest BCUT2D eigenvalue weighted by Gasteiger charge is 2.03.